The van der Waals surface area contributed by atoms with Crippen molar-refractivity contribution in [1.82, 2.24) is 0 Å². The Morgan fingerprint density at radius 1 is 1.33 bits per heavy atom. The monoisotopic (exact) mass is 204 g/mol. The molecule has 0 heterocycles. The van der Waals surface area contributed by atoms with E-state index < -0.39 is 5.97 Å². The van der Waals surface area contributed by atoms with E-state index in [9.17, 15) is 4.79 Å². The predicted molar refractivity (Wildman–Crippen MR) is 56.9 cm³/mol. The van der Waals surface area contributed by atoms with E-state index >= 15 is 0 Å². The van der Waals surface area contributed by atoms with Crippen LogP contribution < -0.4 is 4.74 Å². The van der Waals surface area contributed by atoms with Crippen LogP contribution in [0.4, 0.5) is 0 Å². The van der Waals surface area contributed by atoms with Crippen molar-refractivity contribution in [2.75, 3.05) is 14.2 Å². The number of methoxy groups -OCH3 is 2. The lowest BCUT2D eigenvalue weighted by molar-refractivity contribution is 0.0600. The van der Waals surface area contributed by atoms with Crippen molar-refractivity contribution in [3.8, 4) is 17.6 Å². The summed E-state index contributed by atoms with van der Waals surface area (Å²) in [6.07, 6.45) is 0. The second kappa shape index (κ2) is 5.06. The summed E-state index contributed by atoms with van der Waals surface area (Å²) >= 11 is 0. The van der Waals surface area contributed by atoms with Gasteiger partial charge in [0.2, 0.25) is 0 Å². The van der Waals surface area contributed by atoms with Crippen molar-refractivity contribution in [2.24, 2.45) is 0 Å². The molecule has 0 unspecified atom stereocenters. The van der Waals surface area contributed by atoms with Gasteiger partial charge in [0.25, 0.3) is 0 Å². The smallest absolute Gasteiger partial charge is 0.339 e. The lowest BCUT2D eigenvalue weighted by Gasteiger charge is -2.05. The molecule has 0 aliphatic carbocycles. The Labute approximate surface area is 89.0 Å². The first-order chi connectivity index (χ1) is 7.22. The zero-order valence-corrected chi connectivity index (χ0v) is 8.96. The van der Waals surface area contributed by atoms with Gasteiger partial charge in [0.15, 0.2) is 0 Å². The van der Waals surface area contributed by atoms with Crippen LogP contribution in [-0.2, 0) is 4.74 Å². The zero-order chi connectivity index (χ0) is 11.3. The van der Waals surface area contributed by atoms with Crippen molar-refractivity contribution in [1.29, 1.82) is 0 Å². The van der Waals surface area contributed by atoms with Crippen molar-refractivity contribution in [2.45, 2.75) is 6.92 Å². The molecule has 0 radical (unpaired) electrons. The standard InChI is InChI=1S/C12H12O3/c1-4-5-9-8-10(14-2)6-7-11(9)12(13)15-3/h6-8H,1-3H3. The molecule has 0 amide bonds. The van der Waals surface area contributed by atoms with Crippen molar-refractivity contribution in [3.05, 3.63) is 29.3 Å². The topological polar surface area (TPSA) is 35.5 Å². The highest BCUT2D eigenvalue weighted by Crippen LogP contribution is 2.17. The first kappa shape index (κ1) is 11.1. The maximum absolute atomic E-state index is 11.4. The Bertz CT molecular complexity index is 424. The average molecular weight is 204 g/mol. The van der Waals surface area contributed by atoms with Crippen LogP contribution in [0.3, 0.4) is 0 Å². The minimum atomic E-state index is -0.393. The van der Waals surface area contributed by atoms with Gasteiger partial charge in [0.05, 0.1) is 19.8 Å². The summed E-state index contributed by atoms with van der Waals surface area (Å²) < 4.78 is 9.70. The Morgan fingerprint density at radius 2 is 2.07 bits per heavy atom. The molecule has 1 rings (SSSR count). The Kier molecular flexibility index (Phi) is 3.75. The fourth-order valence-corrected chi connectivity index (χ4v) is 1.18. The molecule has 15 heavy (non-hydrogen) atoms. The molecule has 0 fully saturated rings. The van der Waals surface area contributed by atoms with Gasteiger partial charge in [-0.15, -0.1) is 5.92 Å². The molecule has 0 aliphatic rings. The first-order valence-corrected chi connectivity index (χ1v) is 4.42. The summed E-state index contributed by atoms with van der Waals surface area (Å²) in [6.45, 7) is 1.71. The summed E-state index contributed by atoms with van der Waals surface area (Å²) in [5.74, 6) is 5.85. The molecule has 0 saturated carbocycles. The zero-order valence-electron chi connectivity index (χ0n) is 8.96. The van der Waals surface area contributed by atoms with Crippen LogP contribution in [0, 0.1) is 11.8 Å². The van der Waals surface area contributed by atoms with E-state index in [-0.39, 0.29) is 0 Å². The molecular weight excluding hydrogens is 192 g/mol. The summed E-state index contributed by atoms with van der Waals surface area (Å²) in [5, 5.41) is 0. The van der Waals surface area contributed by atoms with E-state index in [1.165, 1.54) is 7.11 Å². The third-order valence-corrected chi connectivity index (χ3v) is 1.89. The summed E-state index contributed by atoms with van der Waals surface area (Å²) in [6, 6.07) is 5.06. The highest BCUT2D eigenvalue weighted by Gasteiger charge is 2.10. The third kappa shape index (κ3) is 2.50. The Hall–Kier alpha value is -1.95. The summed E-state index contributed by atoms with van der Waals surface area (Å²) in [5.41, 5.74) is 1.07. The van der Waals surface area contributed by atoms with Gasteiger partial charge in [-0.25, -0.2) is 4.79 Å². The molecule has 0 saturated heterocycles. The number of hydrogen-bond donors (Lipinski definition) is 0. The molecule has 0 atom stereocenters. The van der Waals surface area contributed by atoms with Crippen LogP contribution in [0.5, 0.6) is 5.75 Å². The fourth-order valence-electron chi connectivity index (χ4n) is 1.18. The second-order valence-corrected chi connectivity index (χ2v) is 2.78. The van der Waals surface area contributed by atoms with Gasteiger partial charge >= 0.3 is 5.97 Å². The maximum Gasteiger partial charge on any atom is 0.339 e. The SMILES string of the molecule is CC#Cc1cc(OC)ccc1C(=O)OC. The number of benzene rings is 1. The molecule has 0 aliphatic heterocycles. The first-order valence-electron chi connectivity index (χ1n) is 4.42. The Balaban J connectivity index is 3.24. The molecule has 78 valence electrons. The lowest BCUT2D eigenvalue weighted by Crippen LogP contribution is -2.04. The summed E-state index contributed by atoms with van der Waals surface area (Å²) in [7, 11) is 2.91. The third-order valence-electron chi connectivity index (χ3n) is 1.89. The summed E-state index contributed by atoms with van der Waals surface area (Å²) in [4.78, 5) is 11.4. The van der Waals surface area contributed by atoms with Gasteiger partial charge in [-0.2, -0.15) is 0 Å². The quantitative estimate of drug-likeness (QED) is 0.544. The van der Waals surface area contributed by atoms with Gasteiger partial charge in [0, 0.05) is 5.56 Å². The number of carbonyl (C=O) groups excluding carboxylic acids is 1. The van der Waals surface area contributed by atoms with E-state index in [1.807, 2.05) is 0 Å². The predicted octanol–water partition coefficient (Wildman–Crippen LogP) is 1.85. The number of carbonyl (C=O) groups is 1. The van der Waals surface area contributed by atoms with Crippen LogP contribution >= 0.6 is 0 Å². The molecule has 1 aromatic rings. The molecular formula is C12H12O3. The minimum absolute atomic E-state index is 0.393. The number of rotatable bonds is 2. The second-order valence-electron chi connectivity index (χ2n) is 2.78. The lowest BCUT2D eigenvalue weighted by atomic mass is 10.1. The van der Waals surface area contributed by atoms with Crippen LogP contribution in [0.2, 0.25) is 0 Å². The van der Waals surface area contributed by atoms with Crippen molar-refractivity contribution < 1.29 is 14.3 Å². The number of esters is 1. The molecule has 0 spiro atoms. The molecule has 1 aromatic carbocycles. The largest absolute Gasteiger partial charge is 0.497 e. The van der Waals surface area contributed by atoms with E-state index in [0.29, 0.717) is 16.9 Å². The Morgan fingerprint density at radius 3 is 2.60 bits per heavy atom. The molecule has 3 nitrogen and oxygen atoms in total. The van der Waals surface area contributed by atoms with Crippen LogP contribution in [0.1, 0.15) is 22.8 Å². The van der Waals surface area contributed by atoms with Crippen LogP contribution in [0.25, 0.3) is 0 Å². The molecule has 3 heteroatoms. The molecule has 0 N–H and O–H groups in total. The average Bonchev–Trinajstić information content (AvgIpc) is 2.28. The fraction of sp³-hybridized carbons (Fsp3) is 0.250. The number of ether oxygens (including phenoxy) is 2. The highest BCUT2D eigenvalue weighted by molar-refractivity contribution is 5.92. The van der Waals surface area contributed by atoms with Crippen molar-refractivity contribution in [3.63, 3.8) is 0 Å². The van der Waals surface area contributed by atoms with E-state index in [4.69, 9.17) is 4.74 Å². The van der Waals surface area contributed by atoms with E-state index in [1.54, 1.807) is 32.2 Å². The van der Waals surface area contributed by atoms with Gasteiger partial charge in [-0.05, 0) is 25.1 Å². The normalized spacial score (nSPS) is 8.73. The van der Waals surface area contributed by atoms with Gasteiger partial charge in [0.1, 0.15) is 5.75 Å². The van der Waals surface area contributed by atoms with Gasteiger partial charge < -0.3 is 9.47 Å². The van der Waals surface area contributed by atoms with Gasteiger partial charge in [-0.3, -0.25) is 0 Å². The van der Waals surface area contributed by atoms with Gasteiger partial charge in [-0.1, -0.05) is 5.92 Å². The highest BCUT2D eigenvalue weighted by atomic mass is 16.5. The van der Waals surface area contributed by atoms with E-state index in [0.717, 1.165) is 0 Å². The van der Waals surface area contributed by atoms with Crippen LogP contribution in [0.15, 0.2) is 18.2 Å². The minimum Gasteiger partial charge on any atom is -0.497 e. The molecule has 0 aromatic heterocycles. The maximum atomic E-state index is 11.4. The van der Waals surface area contributed by atoms with E-state index in [2.05, 4.69) is 16.6 Å². The number of hydrogen-bond acceptors (Lipinski definition) is 3. The molecule has 0 bridgehead atoms. The van der Waals surface area contributed by atoms with Crippen LogP contribution in [-0.4, -0.2) is 20.2 Å². The van der Waals surface area contributed by atoms with Crippen molar-refractivity contribution >= 4 is 5.97 Å².